The van der Waals surface area contributed by atoms with Crippen molar-refractivity contribution in [2.24, 2.45) is 5.41 Å². The van der Waals surface area contributed by atoms with E-state index in [2.05, 4.69) is 49.3 Å². The topological polar surface area (TPSA) is 29.5 Å². The van der Waals surface area contributed by atoms with Crippen LogP contribution >= 0.6 is 23.4 Å². The highest BCUT2D eigenvalue weighted by Gasteiger charge is 2.27. The minimum absolute atomic E-state index is 0. The molecule has 3 rings (SSSR count). The van der Waals surface area contributed by atoms with E-state index in [0.717, 1.165) is 30.2 Å². The number of quaternary nitrogens is 1. The number of benzene rings is 2. The van der Waals surface area contributed by atoms with E-state index >= 15 is 0 Å². The van der Waals surface area contributed by atoms with Gasteiger partial charge in [-0.3, -0.25) is 9.28 Å². The van der Waals surface area contributed by atoms with Gasteiger partial charge in [0.2, 0.25) is 6.73 Å². The van der Waals surface area contributed by atoms with Crippen molar-refractivity contribution in [1.82, 2.24) is 0 Å². The van der Waals surface area contributed by atoms with Crippen LogP contribution in [0.1, 0.15) is 27.2 Å². The molecule has 0 aromatic heterocycles. The fourth-order valence-electron chi connectivity index (χ4n) is 3.21. The molecule has 2 aromatic rings. The third-order valence-corrected chi connectivity index (χ3v) is 6.26. The van der Waals surface area contributed by atoms with Crippen molar-refractivity contribution in [3.63, 3.8) is 0 Å². The summed E-state index contributed by atoms with van der Waals surface area (Å²) < 4.78 is 6.17. The van der Waals surface area contributed by atoms with Gasteiger partial charge in [-0.05, 0) is 51.1 Å². The van der Waals surface area contributed by atoms with Crippen LogP contribution in [0.25, 0.3) is 0 Å². The van der Waals surface area contributed by atoms with Crippen LogP contribution < -0.4 is 17.3 Å². The number of esters is 1. The third kappa shape index (κ3) is 6.07. The Labute approximate surface area is 195 Å². The predicted molar refractivity (Wildman–Crippen MR) is 121 cm³/mol. The summed E-state index contributed by atoms with van der Waals surface area (Å²) in [7, 11) is 4.20. The van der Waals surface area contributed by atoms with Gasteiger partial charge in [-0.2, -0.15) is 0 Å². The van der Waals surface area contributed by atoms with Crippen LogP contribution in [0.3, 0.4) is 0 Å². The molecule has 2 aromatic carbocycles. The van der Waals surface area contributed by atoms with Crippen LogP contribution in [-0.2, 0) is 9.53 Å². The first-order chi connectivity index (χ1) is 13.6. The fraction of sp³-hybridized carbons (Fsp3) is 0.435. The number of hydrogen-bond donors (Lipinski definition) is 0. The van der Waals surface area contributed by atoms with E-state index in [1.165, 1.54) is 15.5 Å². The van der Waals surface area contributed by atoms with Crippen molar-refractivity contribution in [2.75, 3.05) is 38.8 Å². The van der Waals surface area contributed by atoms with Crippen molar-refractivity contribution in [2.45, 2.75) is 37.0 Å². The maximum absolute atomic E-state index is 12.1. The summed E-state index contributed by atoms with van der Waals surface area (Å²) in [6, 6.07) is 14.6. The molecule has 0 N–H and O–H groups in total. The van der Waals surface area contributed by atoms with Crippen LogP contribution in [0.2, 0.25) is 5.02 Å². The smallest absolute Gasteiger partial charge is 0.315 e. The maximum atomic E-state index is 12.1. The summed E-state index contributed by atoms with van der Waals surface area (Å²) in [5.41, 5.74) is 1.90. The highest BCUT2D eigenvalue weighted by Crippen LogP contribution is 2.48. The lowest BCUT2D eigenvalue weighted by Crippen LogP contribution is -3.00. The van der Waals surface area contributed by atoms with E-state index in [1.807, 2.05) is 32.9 Å². The zero-order valence-electron chi connectivity index (χ0n) is 18.2. The molecule has 0 fully saturated rings. The molecular formula is C23H30Cl2N2O2S. The van der Waals surface area contributed by atoms with E-state index < -0.39 is 5.41 Å². The second-order valence-corrected chi connectivity index (χ2v) is 10.7. The Hall–Kier alpha value is -1.40. The van der Waals surface area contributed by atoms with E-state index in [1.54, 1.807) is 11.8 Å². The van der Waals surface area contributed by atoms with Gasteiger partial charge in [-0.25, -0.2) is 0 Å². The molecule has 0 unspecified atom stereocenters. The van der Waals surface area contributed by atoms with Gasteiger partial charge in [0.15, 0.2) is 0 Å². The largest absolute Gasteiger partial charge is 1.00 e. The van der Waals surface area contributed by atoms with Gasteiger partial charge in [-0.1, -0.05) is 35.5 Å². The van der Waals surface area contributed by atoms with Crippen molar-refractivity contribution < 1.29 is 26.4 Å². The number of carbonyl (C=O) groups is 1. The van der Waals surface area contributed by atoms with E-state index in [9.17, 15) is 4.79 Å². The summed E-state index contributed by atoms with van der Waals surface area (Å²) in [5, 5.41) is 0.749. The van der Waals surface area contributed by atoms with Gasteiger partial charge < -0.3 is 22.0 Å². The van der Waals surface area contributed by atoms with Gasteiger partial charge >= 0.3 is 5.97 Å². The van der Waals surface area contributed by atoms with Gasteiger partial charge in [0.1, 0.15) is 0 Å². The summed E-state index contributed by atoms with van der Waals surface area (Å²) in [6.45, 7) is 7.79. The molecule has 1 heterocycles. The predicted octanol–water partition coefficient (Wildman–Crippen LogP) is 2.96. The van der Waals surface area contributed by atoms with Crippen LogP contribution in [0.4, 0.5) is 11.4 Å². The highest BCUT2D eigenvalue weighted by molar-refractivity contribution is 7.99. The highest BCUT2D eigenvalue weighted by atomic mass is 35.5. The molecule has 7 heteroatoms. The minimum Gasteiger partial charge on any atom is -1.00 e. The van der Waals surface area contributed by atoms with Crippen molar-refractivity contribution in [3.8, 4) is 0 Å². The zero-order chi connectivity index (χ0) is 21.2. The van der Waals surface area contributed by atoms with Crippen LogP contribution in [-0.4, -0.2) is 44.4 Å². The first-order valence-corrected chi connectivity index (χ1v) is 11.1. The average Bonchev–Trinajstić information content (AvgIpc) is 2.65. The summed E-state index contributed by atoms with van der Waals surface area (Å²) in [6.07, 6.45) is 0.963. The average molecular weight is 469 g/mol. The molecule has 0 atom stereocenters. The molecule has 0 aliphatic carbocycles. The van der Waals surface area contributed by atoms with E-state index in [-0.39, 0.29) is 18.4 Å². The Kier molecular flexibility index (Phi) is 8.14. The molecule has 0 spiro atoms. The fourth-order valence-corrected chi connectivity index (χ4v) is 4.46. The quantitative estimate of drug-likeness (QED) is 0.370. The zero-order valence-corrected chi connectivity index (χ0v) is 20.6. The normalized spacial score (nSPS) is 13.2. The number of halogens is 2. The molecule has 0 saturated carbocycles. The molecule has 0 bridgehead atoms. The number of para-hydroxylation sites is 1. The Balaban J connectivity index is 0.00000320. The first-order valence-electron chi connectivity index (χ1n) is 9.90. The molecule has 0 radical (unpaired) electrons. The minimum atomic E-state index is -0.474. The number of fused-ring (bicyclic) bond motifs is 2. The Bertz CT molecular complexity index is 897. The number of anilines is 2. The van der Waals surface area contributed by atoms with Crippen molar-refractivity contribution in [3.05, 3.63) is 47.5 Å². The monoisotopic (exact) mass is 468 g/mol. The number of rotatable bonds is 6. The third-order valence-electron chi connectivity index (χ3n) is 4.89. The number of hydrogen-bond acceptors (Lipinski definition) is 4. The molecule has 1 aliphatic heterocycles. The van der Waals surface area contributed by atoms with E-state index in [0.29, 0.717) is 11.2 Å². The Morgan fingerprint density at radius 1 is 1.10 bits per heavy atom. The van der Waals surface area contributed by atoms with Crippen molar-refractivity contribution in [1.29, 1.82) is 0 Å². The standard InChI is InChI=1S/C23H30ClN2O2S.ClH/c1-23(2,3)22(27)28-16-26(4,5)14-8-13-25-18-9-6-7-10-20(18)29-21-12-11-17(24)15-19(21)25;/h6-7,9-12,15H,8,13-14,16H2,1-5H3;1H/q+1;/p-1. The lowest BCUT2D eigenvalue weighted by atomic mass is 9.97. The number of ether oxygens (including phenoxy) is 1. The van der Waals surface area contributed by atoms with Crippen LogP contribution in [0, 0.1) is 5.41 Å². The second kappa shape index (κ2) is 9.82. The molecular weight excluding hydrogens is 439 g/mol. The Morgan fingerprint density at radius 2 is 1.77 bits per heavy atom. The summed E-state index contributed by atoms with van der Waals surface area (Å²) in [4.78, 5) is 16.9. The molecule has 4 nitrogen and oxygen atoms in total. The second-order valence-electron chi connectivity index (χ2n) is 9.16. The first kappa shape index (κ1) is 24.9. The molecule has 1 aliphatic rings. The summed E-state index contributed by atoms with van der Waals surface area (Å²) >= 11 is 8.08. The lowest BCUT2D eigenvalue weighted by molar-refractivity contribution is -0.907. The molecule has 164 valence electrons. The molecule has 0 amide bonds. The van der Waals surface area contributed by atoms with Crippen LogP contribution in [0.15, 0.2) is 52.3 Å². The lowest BCUT2D eigenvalue weighted by Gasteiger charge is -2.35. The SMILES string of the molecule is CC(C)(C)C(=O)OC[N+](C)(C)CCCN1c2ccccc2Sc2ccc(Cl)cc21.[Cl-]. The van der Waals surface area contributed by atoms with E-state index in [4.69, 9.17) is 16.3 Å². The van der Waals surface area contributed by atoms with Gasteiger partial charge in [0, 0.05) is 27.8 Å². The molecule has 0 saturated heterocycles. The molecule has 30 heavy (non-hydrogen) atoms. The number of nitrogens with zero attached hydrogens (tertiary/aromatic N) is 2. The summed E-state index contributed by atoms with van der Waals surface area (Å²) in [5.74, 6) is -0.158. The maximum Gasteiger partial charge on any atom is 0.315 e. The number of carbonyl (C=O) groups excluding carboxylic acids is 1. The van der Waals surface area contributed by atoms with Gasteiger partial charge in [0.05, 0.1) is 37.4 Å². The Morgan fingerprint density at radius 3 is 2.47 bits per heavy atom. The van der Waals surface area contributed by atoms with Gasteiger partial charge in [-0.15, -0.1) is 0 Å². The van der Waals surface area contributed by atoms with Crippen LogP contribution in [0.5, 0.6) is 0 Å². The van der Waals surface area contributed by atoms with Crippen molar-refractivity contribution >= 4 is 40.7 Å². The van der Waals surface area contributed by atoms with Gasteiger partial charge in [0.25, 0.3) is 0 Å².